The summed E-state index contributed by atoms with van der Waals surface area (Å²) in [6.45, 7) is 9.82. The molecule has 3 aromatic rings. The molecule has 2 saturated heterocycles. The van der Waals surface area contributed by atoms with Gasteiger partial charge < -0.3 is 10.1 Å². The molecule has 5 rings (SSSR count). The van der Waals surface area contributed by atoms with Gasteiger partial charge in [0.15, 0.2) is 0 Å². The van der Waals surface area contributed by atoms with Crippen LogP contribution in [0.5, 0.6) is 5.75 Å². The zero-order valence-electron chi connectivity index (χ0n) is 22.8. The van der Waals surface area contributed by atoms with Crippen molar-refractivity contribution >= 4 is 5.91 Å². The topological polar surface area (TPSA) is 57.7 Å². The number of piperidine rings is 2. The van der Waals surface area contributed by atoms with Crippen molar-refractivity contribution in [3.8, 4) is 5.75 Å². The first kappa shape index (κ1) is 27.1. The number of benzene rings is 2. The average Bonchev–Trinajstić information content (AvgIpc) is 2.97. The quantitative estimate of drug-likeness (QED) is 0.367. The third kappa shape index (κ3) is 7.78. The van der Waals surface area contributed by atoms with Gasteiger partial charge >= 0.3 is 0 Å². The number of allylic oxidation sites excluding steroid dienone is 1. The van der Waals surface area contributed by atoms with Crippen molar-refractivity contribution < 1.29 is 9.53 Å². The predicted octanol–water partition coefficient (Wildman–Crippen LogP) is 5.25. The Balaban J connectivity index is 1.11. The highest BCUT2D eigenvalue weighted by atomic mass is 16.5. The zero-order valence-corrected chi connectivity index (χ0v) is 22.8. The maximum absolute atomic E-state index is 13.1. The van der Waals surface area contributed by atoms with Crippen molar-refractivity contribution in [2.45, 2.75) is 57.3 Å². The molecular weight excluding hydrogens is 484 g/mol. The van der Waals surface area contributed by atoms with E-state index in [0.717, 1.165) is 76.3 Å². The van der Waals surface area contributed by atoms with Gasteiger partial charge in [-0.1, -0.05) is 42.5 Å². The van der Waals surface area contributed by atoms with Crippen molar-refractivity contribution in [1.29, 1.82) is 0 Å². The Labute approximate surface area is 232 Å². The summed E-state index contributed by atoms with van der Waals surface area (Å²) in [5.74, 6) is 0.864. The molecule has 6 nitrogen and oxygen atoms in total. The number of carbonyl (C=O) groups excluding carboxylic acids is 1. The van der Waals surface area contributed by atoms with Gasteiger partial charge in [-0.05, 0) is 73.1 Å². The molecule has 0 spiro atoms. The fraction of sp³-hybridized carbons (Fsp3) is 0.394. The Kier molecular flexibility index (Phi) is 9.41. The lowest BCUT2D eigenvalue weighted by Crippen LogP contribution is -2.44. The summed E-state index contributed by atoms with van der Waals surface area (Å²) < 4.78 is 6.46. The maximum Gasteiger partial charge on any atom is 0.251 e. The van der Waals surface area contributed by atoms with Crippen LogP contribution in [0.4, 0.5) is 0 Å². The monoisotopic (exact) mass is 524 g/mol. The minimum atomic E-state index is -0.00270. The Bertz CT molecular complexity index is 1200. The molecule has 1 aromatic heterocycles. The van der Waals surface area contributed by atoms with Gasteiger partial charge in [0.1, 0.15) is 11.9 Å². The predicted molar refractivity (Wildman–Crippen MR) is 156 cm³/mol. The van der Waals surface area contributed by atoms with Crippen molar-refractivity contribution in [3.05, 3.63) is 108 Å². The van der Waals surface area contributed by atoms with Crippen molar-refractivity contribution in [3.63, 3.8) is 0 Å². The summed E-state index contributed by atoms with van der Waals surface area (Å²) in [7, 11) is 0. The number of nitrogens with zero attached hydrogens (tertiary/aromatic N) is 3. The van der Waals surface area contributed by atoms with Gasteiger partial charge in [0.2, 0.25) is 0 Å². The molecule has 0 radical (unpaired) electrons. The first-order chi connectivity index (χ1) is 19.2. The van der Waals surface area contributed by atoms with Crippen LogP contribution in [0.25, 0.3) is 0 Å². The summed E-state index contributed by atoms with van der Waals surface area (Å²) in [4.78, 5) is 22.3. The van der Waals surface area contributed by atoms with Crippen LogP contribution in [0.15, 0.2) is 85.7 Å². The molecular formula is C33H40N4O2. The minimum absolute atomic E-state index is 0.00270. The van der Waals surface area contributed by atoms with Crippen LogP contribution in [0.2, 0.25) is 0 Å². The Morgan fingerprint density at radius 1 is 0.923 bits per heavy atom. The van der Waals surface area contributed by atoms with Gasteiger partial charge in [-0.15, -0.1) is 6.58 Å². The fourth-order valence-electron chi connectivity index (χ4n) is 5.61. The number of carbonyl (C=O) groups is 1. The molecule has 0 atom stereocenters. The van der Waals surface area contributed by atoms with E-state index in [-0.39, 0.29) is 18.1 Å². The van der Waals surface area contributed by atoms with Crippen LogP contribution in [0.3, 0.4) is 0 Å². The molecule has 0 bridgehead atoms. The van der Waals surface area contributed by atoms with Crippen LogP contribution in [0.1, 0.15) is 52.7 Å². The van der Waals surface area contributed by atoms with E-state index in [4.69, 9.17) is 4.74 Å². The molecule has 204 valence electrons. The molecule has 0 saturated carbocycles. The number of hydrogen-bond acceptors (Lipinski definition) is 5. The lowest BCUT2D eigenvalue weighted by atomic mass is 10.0. The highest BCUT2D eigenvalue weighted by molar-refractivity contribution is 5.94. The number of aromatic nitrogens is 1. The van der Waals surface area contributed by atoms with Crippen molar-refractivity contribution in [2.24, 2.45) is 0 Å². The van der Waals surface area contributed by atoms with Crippen LogP contribution in [0, 0.1) is 0 Å². The molecule has 0 aliphatic carbocycles. The van der Waals surface area contributed by atoms with Gasteiger partial charge in [-0.3, -0.25) is 19.6 Å². The second-order valence-electron chi connectivity index (χ2n) is 10.8. The molecule has 1 amide bonds. The lowest BCUT2D eigenvalue weighted by Gasteiger charge is -2.33. The van der Waals surface area contributed by atoms with E-state index >= 15 is 0 Å². The molecule has 3 heterocycles. The number of amides is 1. The Morgan fingerprint density at radius 2 is 1.62 bits per heavy atom. The van der Waals surface area contributed by atoms with Crippen LogP contribution in [-0.4, -0.2) is 59.0 Å². The van der Waals surface area contributed by atoms with Gasteiger partial charge in [0, 0.05) is 63.3 Å². The molecule has 2 aliphatic rings. The highest BCUT2D eigenvalue weighted by Gasteiger charge is 2.24. The Hall–Kier alpha value is -3.48. The summed E-state index contributed by atoms with van der Waals surface area (Å²) >= 11 is 0. The molecule has 2 aromatic carbocycles. The average molecular weight is 525 g/mol. The van der Waals surface area contributed by atoms with Gasteiger partial charge in [0.25, 0.3) is 5.91 Å². The van der Waals surface area contributed by atoms with E-state index in [0.29, 0.717) is 12.0 Å². The molecule has 2 aliphatic heterocycles. The second-order valence-corrected chi connectivity index (χ2v) is 10.8. The first-order valence-electron chi connectivity index (χ1n) is 14.2. The normalized spacial score (nSPS) is 17.5. The van der Waals surface area contributed by atoms with E-state index < -0.39 is 0 Å². The van der Waals surface area contributed by atoms with Crippen LogP contribution < -0.4 is 10.1 Å². The minimum Gasteiger partial charge on any atom is -0.490 e. The molecule has 6 heteroatoms. The molecule has 2 fully saturated rings. The van der Waals surface area contributed by atoms with Gasteiger partial charge in [-0.2, -0.15) is 0 Å². The first-order valence-corrected chi connectivity index (χ1v) is 14.2. The SMILES string of the molecule is C=CCc1cc(C(=O)NC2CCN(Cc3ccccc3)CC2)ccc1OC1CCN(Cc2cccnc2)CC1. The largest absolute Gasteiger partial charge is 0.490 e. The van der Waals surface area contributed by atoms with Gasteiger partial charge in [-0.25, -0.2) is 0 Å². The number of hydrogen-bond donors (Lipinski definition) is 1. The van der Waals surface area contributed by atoms with Crippen LogP contribution in [-0.2, 0) is 19.5 Å². The third-order valence-corrected chi connectivity index (χ3v) is 7.82. The van der Waals surface area contributed by atoms with E-state index in [1.54, 1.807) is 0 Å². The second kappa shape index (κ2) is 13.5. The molecule has 0 unspecified atom stereocenters. The summed E-state index contributed by atoms with van der Waals surface area (Å²) in [6, 6.07) is 20.8. The summed E-state index contributed by atoms with van der Waals surface area (Å²) in [5.41, 5.74) is 4.30. The van der Waals surface area contributed by atoms with E-state index in [1.807, 2.05) is 42.7 Å². The fourth-order valence-corrected chi connectivity index (χ4v) is 5.61. The third-order valence-electron chi connectivity index (χ3n) is 7.82. The van der Waals surface area contributed by atoms with Crippen molar-refractivity contribution in [2.75, 3.05) is 26.2 Å². The molecule has 39 heavy (non-hydrogen) atoms. The number of ether oxygens (including phenoxy) is 1. The van der Waals surface area contributed by atoms with Crippen LogP contribution >= 0.6 is 0 Å². The zero-order chi connectivity index (χ0) is 26.9. The summed E-state index contributed by atoms with van der Waals surface area (Å²) in [5, 5.41) is 3.27. The lowest BCUT2D eigenvalue weighted by molar-refractivity contribution is 0.0907. The summed E-state index contributed by atoms with van der Waals surface area (Å²) in [6.07, 6.45) is 10.4. The number of likely N-dealkylation sites (tertiary alicyclic amines) is 2. The smallest absolute Gasteiger partial charge is 0.251 e. The number of pyridine rings is 1. The standard InChI is InChI=1S/C33H40N4O2/c1-2-7-28-22-29(33(38)35-30-13-18-36(19-14-30)24-26-8-4-3-5-9-26)11-12-32(28)39-31-15-20-37(21-16-31)25-27-10-6-17-34-23-27/h2-6,8-12,17,22-23,30-31H,1,7,13-16,18-21,24-25H2,(H,35,38). The number of rotatable bonds is 10. The highest BCUT2D eigenvalue weighted by Crippen LogP contribution is 2.26. The van der Waals surface area contributed by atoms with E-state index in [2.05, 4.69) is 63.1 Å². The van der Waals surface area contributed by atoms with Crippen molar-refractivity contribution in [1.82, 2.24) is 20.1 Å². The Morgan fingerprint density at radius 3 is 2.31 bits per heavy atom. The van der Waals surface area contributed by atoms with E-state index in [9.17, 15) is 4.79 Å². The number of nitrogens with one attached hydrogen (secondary N) is 1. The molecule has 1 N–H and O–H groups in total. The maximum atomic E-state index is 13.1. The van der Waals surface area contributed by atoms with E-state index in [1.165, 1.54) is 11.1 Å². The van der Waals surface area contributed by atoms with Gasteiger partial charge in [0.05, 0.1) is 0 Å².